The van der Waals surface area contributed by atoms with Crippen LogP contribution in [-0.4, -0.2) is 35.1 Å². The van der Waals surface area contributed by atoms with Gasteiger partial charge in [-0.05, 0) is 23.8 Å². The number of hydrogen-bond donors (Lipinski definition) is 1. The summed E-state index contributed by atoms with van der Waals surface area (Å²) >= 11 is 5.83. The van der Waals surface area contributed by atoms with Gasteiger partial charge in [0.05, 0.1) is 20.4 Å². The van der Waals surface area contributed by atoms with Crippen molar-refractivity contribution in [1.82, 2.24) is 15.0 Å². The second kappa shape index (κ2) is 8.78. The number of benzene rings is 1. The highest BCUT2D eigenvalue weighted by Gasteiger charge is 2.21. The van der Waals surface area contributed by atoms with Gasteiger partial charge in [0.15, 0.2) is 11.6 Å². The molecule has 0 aliphatic rings. The van der Waals surface area contributed by atoms with Crippen LogP contribution in [0.3, 0.4) is 0 Å². The van der Waals surface area contributed by atoms with Crippen LogP contribution in [0.5, 0.6) is 5.75 Å². The predicted molar refractivity (Wildman–Crippen MR) is 102 cm³/mol. The third kappa shape index (κ3) is 4.57. The number of rotatable bonds is 6. The lowest BCUT2D eigenvalue weighted by Gasteiger charge is -2.10. The molecule has 0 aliphatic carbocycles. The van der Waals surface area contributed by atoms with Crippen LogP contribution in [-0.2, 0) is 11.3 Å². The van der Waals surface area contributed by atoms with Gasteiger partial charge >= 0.3 is 5.97 Å². The van der Waals surface area contributed by atoms with Gasteiger partial charge in [0.1, 0.15) is 27.9 Å². The maximum atomic E-state index is 14.6. The molecule has 0 saturated carbocycles. The largest absolute Gasteiger partial charge is 0.497 e. The van der Waals surface area contributed by atoms with Crippen molar-refractivity contribution >= 4 is 23.4 Å². The minimum atomic E-state index is -1.03. The van der Waals surface area contributed by atoms with Gasteiger partial charge in [-0.25, -0.2) is 24.1 Å². The van der Waals surface area contributed by atoms with Gasteiger partial charge in [-0.2, -0.15) is 4.39 Å². The molecule has 29 heavy (non-hydrogen) atoms. The Labute approximate surface area is 169 Å². The summed E-state index contributed by atoms with van der Waals surface area (Å²) in [7, 11) is 2.66. The summed E-state index contributed by atoms with van der Waals surface area (Å²) in [4.78, 5) is 23.1. The molecule has 10 heteroatoms. The molecule has 0 fully saturated rings. The summed E-state index contributed by atoms with van der Waals surface area (Å²) in [5.74, 6) is -2.36. The molecule has 0 atom stereocenters. The number of methoxy groups -OCH3 is 2. The number of pyridine rings is 1. The first-order valence-electron chi connectivity index (χ1n) is 8.27. The number of anilines is 1. The predicted octanol–water partition coefficient (Wildman–Crippen LogP) is 3.88. The van der Waals surface area contributed by atoms with Gasteiger partial charge in [0.25, 0.3) is 5.95 Å². The summed E-state index contributed by atoms with van der Waals surface area (Å²) in [5, 5.41) is 2.63. The molecule has 0 saturated heterocycles. The molecule has 0 unspecified atom stereocenters. The number of ether oxygens (including phenoxy) is 2. The minimum Gasteiger partial charge on any atom is -0.497 e. The molecule has 1 aromatic carbocycles. The van der Waals surface area contributed by atoms with Crippen LogP contribution >= 0.6 is 11.6 Å². The zero-order chi connectivity index (χ0) is 21.0. The molecule has 0 bridgehead atoms. The first-order valence-corrected chi connectivity index (χ1v) is 8.64. The van der Waals surface area contributed by atoms with Crippen LogP contribution in [0.1, 0.15) is 15.9 Å². The fourth-order valence-corrected chi connectivity index (χ4v) is 2.65. The molecule has 1 N–H and O–H groups in total. The van der Waals surface area contributed by atoms with Crippen LogP contribution in [0, 0.1) is 11.8 Å². The highest BCUT2D eigenvalue weighted by Crippen LogP contribution is 2.26. The van der Waals surface area contributed by atoms with E-state index in [1.165, 1.54) is 0 Å². The normalized spacial score (nSPS) is 10.5. The van der Waals surface area contributed by atoms with Crippen molar-refractivity contribution in [3.63, 3.8) is 0 Å². The molecule has 2 heterocycles. The van der Waals surface area contributed by atoms with Gasteiger partial charge in [-0.15, -0.1) is 0 Å². The molecule has 0 aliphatic heterocycles. The molecule has 3 aromatic rings. The summed E-state index contributed by atoms with van der Waals surface area (Å²) in [6, 6.07) is 8.18. The van der Waals surface area contributed by atoms with Crippen molar-refractivity contribution in [3.8, 4) is 17.1 Å². The Kier molecular flexibility index (Phi) is 6.18. The Morgan fingerprint density at radius 1 is 1.17 bits per heavy atom. The second-order valence-electron chi connectivity index (χ2n) is 5.74. The molecular weight excluding hydrogens is 406 g/mol. The van der Waals surface area contributed by atoms with Gasteiger partial charge in [-0.1, -0.05) is 23.7 Å². The molecule has 3 rings (SSSR count). The van der Waals surface area contributed by atoms with Crippen LogP contribution in [0.25, 0.3) is 11.4 Å². The van der Waals surface area contributed by atoms with E-state index in [0.717, 1.165) is 24.9 Å². The number of aromatic nitrogens is 3. The van der Waals surface area contributed by atoms with Crippen LogP contribution in [0.4, 0.5) is 14.6 Å². The molecular formula is C19H15ClF2N4O3. The zero-order valence-corrected chi connectivity index (χ0v) is 16.1. The fraction of sp³-hybridized carbons (Fsp3) is 0.158. The highest BCUT2D eigenvalue weighted by atomic mass is 35.5. The van der Waals surface area contributed by atoms with Crippen molar-refractivity contribution in [2.24, 2.45) is 0 Å². The number of nitrogens with zero attached hydrogens (tertiary/aromatic N) is 3. The highest BCUT2D eigenvalue weighted by molar-refractivity contribution is 6.29. The average Bonchev–Trinajstić information content (AvgIpc) is 2.74. The number of nitrogens with one attached hydrogen (secondary N) is 1. The third-order valence-corrected chi connectivity index (χ3v) is 4.12. The van der Waals surface area contributed by atoms with E-state index in [-0.39, 0.29) is 23.2 Å². The average molecular weight is 421 g/mol. The smallest absolute Gasteiger partial charge is 0.341 e. The van der Waals surface area contributed by atoms with Crippen LogP contribution < -0.4 is 10.1 Å². The monoisotopic (exact) mass is 420 g/mol. The van der Waals surface area contributed by atoms with Crippen LogP contribution in [0.2, 0.25) is 5.15 Å². The Bertz CT molecular complexity index is 1050. The fourth-order valence-electron chi connectivity index (χ4n) is 2.45. The maximum Gasteiger partial charge on any atom is 0.341 e. The van der Waals surface area contributed by atoms with E-state index in [4.69, 9.17) is 16.3 Å². The first-order chi connectivity index (χ1) is 13.9. The quantitative estimate of drug-likeness (QED) is 0.478. The molecule has 0 spiro atoms. The van der Waals surface area contributed by atoms with E-state index in [1.54, 1.807) is 19.2 Å². The Balaban J connectivity index is 1.84. The molecule has 150 valence electrons. The van der Waals surface area contributed by atoms with E-state index < -0.39 is 29.0 Å². The van der Waals surface area contributed by atoms with E-state index >= 15 is 0 Å². The van der Waals surface area contributed by atoms with Crippen molar-refractivity contribution in [2.45, 2.75) is 6.54 Å². The first kappa shape index (κ1) is 20.4. The standard InChI is InChI=1S/C19H15ClF2N4O3/c1-28-11-5-3-10(4-6-11)8-23-18-17(22)25-13(9-24-18)16-15(21)12(19(27)29-2)7-14(20)26-16/h3-7,9H,8H2,1-2H3,(H,23,24). The third-order valence-electron chi connectivity index (χ3n) is 3.92. The topological polar surface area (TPSA) is 86.2 Å². The zero-order valence-electron chi connectivity index (χ0n) is 15.4. The summed E-state index contributed by atoms with van der Waals surface area (Å²) in [5.41, 5.74) is -0.207. The van der Waals surface area contributed by atoms with E-state index in [1.807, 2.05) is 12.1 Å². The number of esters is 1. The van der Waals surface area contributed by atoms with E-state index in [0.29, 0.717) is 5.75 Å². The Morgan fingerprint density at radius 2 is 1.90 bits per heavy atom. The summed E-state index contributed by atoms with van der Waals surface area (Å²) in [6.45, 7) is 0.283. The van der Waals surface area contributed by atoms with Gasteiger partial charge in [0.2, 0.25) is 0 Å². The number of hydrogen-bond acceptors (Lipinski definition) is 7. The van der Waals surface area contributed by atoms with E-state index in [2.05, 4.69) is 25.0 Å². The maximum absolute atomic E-state index is 14.6. The van der Waals surface area contributed by atoms with Crippen molar-refractivity contribution < 1.29 is 23.0 Å². The molecule has 0 radical (unpaired) electrons. The van der Waals surface area contributed by atoms with E-state index in [9.17, 15) is 13.6 Å². The SMILES string of the molecule is COC(=O)c1cc(Cl)nc(-c2cnc(NCc3ccc(OC)cc3)c(F)n2)c1F. The molecule has 7 nitrogen and oxygen atoms in total. The molecule has 0 amide bonds. The Hall–Kier alpha value is -3.33. The van der Waals surface area contributed by atoms with Gasteiger partial charge in [-0.3, -0.25) is 0 Å². The number of carbonyl (C=O) groups excluding carboxylic acids is 1. The molecule has 2 aromatic heterocycles. The van der Waals surface area contributed by atoms with Gasteiger partial charge < -0.3 is 14.8 Å². The lowest BCUT2D eigenvalue weighted by Crippen LogP contribution is -2.09. The number of halogens is 3. The Morgan fingerprint density at radius 3 is 2.52 bits per heavy atom. The minimum absolute atomic E-state index is 0.125. The number of carbonyl (C=O) groups is 1. The summed E-state index contributed by atoms with van der Waals surface area (Å²) < 4.78 is 38.6. The summed E-state index contributed by atoms with van der Waals surface area (Å²) in [6.07, 6.45) is 1.13. The lowest BCUT2D eigenvalue weighted by atomic mass is 10.2. The second-order valence-corrected chi connectivity index (χ2v) is 6.13. The van der Waals surface area contributed by atoms with Gasteiger partial charge in [0, 0.05) is 6.54 Å². The van der Waals surface area contributed by atoms with Crippen molar-refractivity contribution in [3.05, 3.63) is 64.6 Å². The van der Waals surface area contributed by atoms with Crippen LogP contribution in [0.15, 0.2) is 36.5 Å². The van der Waals surface area contributed by atoms with Crippen molar-refractivity contribution in [2.75, 3.05) is 19.5 Å². The van der Waals surface area contributed by atoms with Crippen molar-refractivity contribution in [1.29, 1.82) is 0 Å². The lowest BCUT2D eigenvalue weighted by molar-refractivity contribution is 0.0595.